The molecule has 0 saturated heterocycles. The molecule has 0 aliphatic rings. The first-order valence-corrected chi connectivity index (χ1v) is 6.55. The number of anilines is 1. The standard InChI is InChI=1S/C14H18ClNO2/c1-3-11(17)9-8-10-6-5-7-12(15)14(10)16-13(18)4-2/h5-7H,3-4,8-9H2,1-2H3,(H,16,18). The highest BCUT2D eigenvalue weighted by Crippen LogP contribution is 2.27. The van der Waals surface area contributed by atoms with Gasteiger partial charge in [0.05, 0.1) is 10.7 Å². The number of halogens is 1. The Morgan fingerprint density at radius 1 is 1.22 bits per heavy atom. The zero-order valence-corrected chi connectivity index (χ0v) is 11.5. The van der Waals surface area contributed by atoms with E-state index in [1.165, 1.54) is 0 Å². The number of hydrogen-bond donors (Lipinski definition) is 1. The van der Waals surface area contributed by atoms with Gasteiger partial charge in [0.2, 0.25) is 5.91 Å². The Balaban J connectivity index is 2.86. The van der Waals surface area contributed by atoms with Gasteiger partial charge < -0.3 is 5.32 Å². The van der Waals surface area contributed by atoms with Crippen LogP contribution in [-0.2, 0) is 16.0 Å². The molecule has 0 bridgehead atoms. The minimum Gasteiger partial charge on any atom is -0.325 e. The summed E-state index contributed by atoms with van der Waals surface area (Å²) in [5.41, 5.74) is 1.54. The molecular formula is C14H18ClNO2. The van der Waals surface area contributed by atoms with E-state index < -0.39 is 0 Å². The normalized spacial score (nSPS) is 10.2. The van der Waals surface area contributed by atoms with Crippen LogP contribution in [0, 0.1) is 0 Å². The Hall–Kier alpha value is -1.35. The highest BCUT2D eigenvalue weighted by Gasteiger charge is 2.10. The van der Waals surface area contributed by atoms with E-state index in [4.69, 9.17) is 11.6 Å². The van der Waals surface area contributed by atoms with E-state index in [1.54, 1.807) is 13.0 Å². The van der Waals surface area contributed by atoms with Crippen LogP contribution in [-0.4, -0.2) is 11.7 Å². The van der Waals surface area contributed by atoms with E-state index in [1.807, 2.05) is 19.1 Å². The predicted molar refractivity (Wildman–Crippen MR) is 74.0 cm³/mol. The molecule has 0 aromatic heterocycles. The zero-order chi connectivity index (χ0) is 13.5. The van der Waals surface area contributed by atoms with Gasteiger partial charge in [0, 0.05) is 19.3 Å². The van der Waals surface area contributed by atoms with Gasteiger partial charge in [0.25, 0.3) is 0 Å². The molecule has 0 fully saturated rings. The molecule has 1 rings (SSSR count). The van der Waals surface area contributed by atoms with Crippen LogP contribution in [0.2, 0.25) is 5.02 Å². The smallest absolute Gasteiger partial charge is 0.224 e. The molecule has 0 unspecified atom stereocenters. The van der Waals surface area contributed by atoms with Crippen LogP contribution in [0.25, 0.3) is 0 Å². The summed E-state index contributed by atoms with van der Waals surface area (Å²) in [5, 5.41) is 3.30. The number of carbonyl (C=O) groups excluding carboxylic acids is 2. The number of ketones is 1. The fraction of sp³-hybridized carbons (Fsp3) is 0.429. The average Bonchev–Trinajstić information content (AvgIpc) is 2.38. The molecule has 1 N–H and O–H groups in total. The third-order valence-corrected chi connectivity index (χ3v) is 3.07. The SMILES string of the molecule is CCC(=O)CCc1cccc(Cl)c1NC(=O)CC. The lowest BCUT2D eigenvalue weighted by atomic mass is 10.0. The van der Waals surface area contributed by atoms with Gasteiger partial charge in [0.1, 0.15) is 5.78 Å². The number of Topliss-reactive ketones (excluding diaryl/α,β-unsaturated/α-hetero) is 1. The second kappa shape index (κ2) is 7.17. The summed E-state index contributed by atoms with van der Waals surface area (Å²) in [6.45, 7) is 3.63. The second-order valence-electron chi connectivity index (χ2n) is 4.07. The number of carbonyl (C=O) groups is 2. The fourth-order valence-electron chi connectivity index (χ4n) is 1.60. The van der Waals surface area contributed by atoms with E-state index in [0.29, 0.717) is 36.4 Å². The molecule has 18 heavy (non-hydrogen) atoms. The number of rotatable bonds is 6. The van der Waals surface area contributed by atoms with Gasteiger partial charge in [-0.05, 0) is 18.1 Å². The maximum atomic E-state index is 11.4. The third-order valence-electron chi connectivity index (χ3n) is 2.75. The molecular weight excluding hydrogens is 250 g/mol. The monoisotopic (exact) mass is 267 g/mol. The predicted octanol–water partition coefficient (Wildman–Crippen LogP) is 3.60. The first-order valence-electron chi connectivity index (χ1n) is 6.17. The molecule has 0 aliphatic carbocycles. The summed E-state index contributed by atoms with van der Waals surface area (Å²) in [4.78, 5) is 22.8. The van der Waals surface area contributed by atoms with E-state index in [2.05, 4.69) is 5.32 Å². The number of nitrogens with one attached hydrogen (secondary N) is 1. The molecule has 3 nitrogen and oxygen atoms in total. The summed E-state index contributed by atoms with van der Waals surface area (Å²) in [5.74, 6) is 0.133. The van der Waals surface area contributed by atoms with Crippen molar-refractivity contribution in [1.82, 2.24) is 0 Å². The Bertz CT molecular complexity index is 443. The minimum atomic E-state index is -0.0776. The molecule has 0 spiro atoms. The Kier molecular flexibility index (Phi) is 5.86. The fourth-order valence-corrected chi connectivity index (χ4v) is 1.84. The van der Waals surface area contributed by atoms with Gasteiger partial charge in [-0.1, -0.05) is 37.6 Å². The topological polar surface area (TPSA) is 46.2 Å². The number of amides is 1. The molecule has 0 heterocycles. The first-order chi connectivity index (χ1) is 8.58. The van der Waals surface area contributed by atoms with Crippen molar-refractivity contribution in [2.75, 3.05) is 5.32 Å². The van der Waals surface area contributed by atoms with Crippen LogP contribution in [0.3, 0.4) is 0 Å². The van der Waals surface area contributed by atoms with E-state index in [9.17, 15) is 9.59 Å². The zero-order valence-electron chi connectivity index (χ0n) is 10.8. The van der Waals surface area contributed by atoms with Crippen LogP contribution in [0.4, 0.5) is 5.69 Å². The van der Waals surface area contributed by atoms with Gasteiger partial charge in [-0.25, -0.2) is 0 Å². The van der Waals surface area contributed by atoms with Gasteiger partial charge in [-0.3, -0.25) is 9.59 Å². The first kappa shape index (κ1) is 14.7. The lowest BCUT2D eigenvalue weighted by Gasteiger charge is -2.12. The second-order valence-corrected chi connectivity index (χ2v) is 4.48. The van der Waals surface area contributed by atoms with Crippen molar-refractivity contribution >= 4 is 29.0 Å². The molecule has 1 aromatic carbocycles. The summed E-state index contributed by atoms with van der Waals surface area (Å²) in [6.07, 6.45) is 2.02. The summed E-state index contributed by atoms with van der Waals surface area (Å²) >= 11 is 6.08. The van der Waals surface area contributed by atoms with Gasteiger partial charge in [0.15, 0.2) is 0 Å². The van der Waals surface area contributed by atoms with Crippen LogP contribution >= 0.6 is 11.6 Å². The van der Waals surface area contributed by atoms with Gasteiger partial charge in [-0.15, -0.1) is 0 Å². The largest absolute Gasteiger partial charge is 0.325 e. The van der Waals surface area contributed by atoms with E-state index >= 15 is 0 Å². The van der Waals surface area contributed by atoms with Crippen molar-refractivity contribution in [1.29, 1.82) is 0 Å². The molecule has 0 saturated carbocycles. The molecule has 98 valence electrons. The molecule has 0 aliphatic heterocycles. The van der Waals surface area contributed by atoms with E-state index in [-0.39, 0.29) is 11.7 Å². The maximum Gasteiger partial charge on any atom is 0.224 e. The Morgan fingerprint density at radius 2 is 1.94 bits per heavy atom. The number of para-hydroxylation sites is 1. The molecule has 1 amide bonds. The highest BCUT2D eigenvalue weighted by molar-refractivity contribution is 6.33. The third kappa shape index (κ3) is 4.15. The summed E-state index contributed by atoms with van der Waals surface area (Å²) < 4.78 is 0. The molecule has 4 heteroatoms. The van der Waals surface area contributed by atoms with Crippen LogP contribution in [0.15, 0.2) is 18.2 Å². The minimum absolute atomic E-state index is 0.0776. The van der Waals surface area contributed by atoms with Crippen molar-refractivity contribution in [2.45, 2.75) is 39.5 Å². The van der Waals surface area contributed by atoms with Crippen molar-refractivity contribution < 1.29 is 9.59 Å². The van der Waals surface area contributed by atoms with Gasteiger partial charge in [-0.2, -0.15) is 0 Å². The van der Waals surface area contributed by atoms with Crippen molar-refractivity contribution in [3.05, 3.63) is 28.8 Å². The van der Waals surface area contributed by atoms with Crippen LogP contribution in [0.5, 0.6) is 0 Å². The Morgan fingerprint density at radius 3 is 2.56 bits per heavy atom. The van der Waals surface area contributed by atoms with Gasteiger partial charge >= 0.3 is 0 Å². The van der Waals surface area contributed by atoms with Crippen molar-refractivity contribution in [3.8, 4) is 0 Å². The molecule has 1 aromatic rings. The maximum absolute atomic E-state index is 11.4. The lowest BCUT2D eigenvalue weighted by molar-refractivity contribution is -0.118. The van der Waals surface area contributed by atoms with Crippen molar-refractivity contribution in [3.63, 3.8) is 0 Å². The molecule has 0 radical (unpaired) electrons. The van der Waals surface area contributed by atoms with Crippen LogP contribution < -0.4 is 5.32 Å². The highest BCUT2D eigenvalue weighted by atomic mass is 35.5. The number of hydrogen-bond acceptors (Lipinski definition) is 2. The van der Waals surface area contributed by atoms with E-state index in [0.717, 1.165) is 5.56 Å². The number of benzene rings is 1. The quantitative estimate of drug-likeness (QED) is 0.856. The Labute approximate surface area is 113 Å². The number of aryl methyl sites for hydroxylation is 1. The average molecular weight is 268 g/mol. The lowest BCUT2D eigenvalue weighted by Crippen LogP contribution is -2.12. The molecule has 0 atom stereocenters. The van der Waals surface area contributed by atoms with Crippen molar-refractivity contribution in [2.24, 2.45) is 0 Å². The van der Waals surface area contributed by atoms with Crippen LogP contribution in [0.1, 0.15) is 38.7 Å². The summed E-state index contributed by atoms with van der Waals surface area (Å²) in [6, 6.07) is 5.45. The summed E-state index contributed by atoms with van der Waals surface area (Å²) in [7, 11) is 0.